The molecule has 0 unspecified atom stereocenters. The molecule has 16 nitrogen and oxygen atoms in total. The third-order valence-corrected chi connectivity index (χ3v) is 0.732. The Bertz CT molecular complexity index is 392. The first-order valence-electron chi connectivity index (χ1n) is 4.42. The van der Waals surface area contributed by atoms with E-state index < -0.39 is 47.8 Å². The van der Waals surface area contributed by atoms with E-state index in [0.717, 1.165) is 0 Å². The van der Waals surface area contributed by atoms with Crippen LogP contribution in [0.2, 0.25) is 0 Å². The zero-order chi connectivity index (χ0) is 20.6. The quantitative estimate of drug-likeness (QED) is 0.138. The number of hydrogen-bond donors (Lipinski definition) is 8. The minimum Gasteiger partial charge on any atom is -0.473 e. The average Bonchev–Trinajstić information content (AvgIpc) is 2.40. The number of aliphatic carboxylic acids is 8. The summed E-state index contributed by atoms with van der Waals surface area (Å²) in [5, 5.41) is 59.1. The summed E-state index contributed by atoms with van der Waals surface area (Å²) < 4.78 is 0. The van der Waals surface area contributed by atoms with Gasteiger partial charge in [0.2, 0.25) is 0 Å². The van der Waals surface area contributed by atoms with Crippen LogP contribution in [0.4, 0.5) is 0 Å². The summed E-state index contributed by atoms with van der Waals surface area (Å²) in [7, 11) is 0. The maximum absolute atomic E-state index is 9.10. The predicted molar refractivity (Wildman–Crippen MR) is 61.1 cm³/mol. The van der Waals surface area contributed by atoms with Crippen molar-refractivity contribution in [2.45, 2.75) is 0 Å². The number of hydrogen-bond acceptors (Lipinski definition) is 8. The summed E-state index contributed by atoms with van der Waals surface area (Å²) in [5.41, 5.74) is 0. The van der Waals surface area contributed by atoms with Crippen LogP contribution in [0, 0.1) is 0 Å². The molecule has 0 aromatic carbocycles. The Hall–Kier alpha value is -2.47. The van der Waals surface area contributed by atoms with Crippen LogP contribution in [0.25, 0.3) is 0 Å². The minimum atomic E-state index is -1.82. The van der Waals surface area contributed by atoms with E-state index in [-0.39, 0.29) is 52.4 Å². The fourth-order valence-corrected chi connectivity index (χ4v) is 0. The molecular formula is C8H8O16Zr2. The second-order valence-corrected chi connectivity index (χ2v) is 2.44. The summed E-state index contributed by atoms with van der Waals surface area (Å²) in [5.74, 6) is -14.6. The van der Waals surface area contributed by atoms with Crippen LogP contribution in [-0.2, 0) is 90.8 Å². The van der Waals surface area contributed by atoms with Crippen LogP contribution >= 0.6 is 0 Å². The normalized spacial score (nSPS) is 6.77. The smallest absolute Gasteiger partial charge is 0.414 e. The molecule has 0 amide bonds. The first-order chi connectivity index (χ1) is 10.6. The average molecular weight is 543 g/mol. The molecule has 0 saturated heterocycles. The molecule has 0 bridgehead atoms. The van der Waals surface area contributed by atoms with Crippen molar-refractivity contribution < 1.29 is 132 Å². The van der Waals surface area contributed by atoms with Crippen molar-refractivity contribution in [2.75, 3.05) is 0 Å². The van der Waals surface area contributed by atoms with Crippen molar-refractivity contribution in [1.29, 1.82) is 0 Å². The Morgan fingerprint density at radius 1 is 0.269 bits per heavy atom. The Kier molecular flexibility index (Phi) is 33.7. The van der Waals surface area contributed by atoms with Gasteiger partial charge in [0.15, 0.2) is 0 Å². The van der Waals surface area contributed by atoms with Crippen molar-refractivity contribution in [1.82, 2.24) is 0 Å². The largest absolute Gasteiger partial charge is 0.473 e. The van der Waals surface area contributed by atoms with Crippen LogP contribution < -0.4 is 0 Å². The van der Waals surface area contributed by atoms with Gasteiger partial charge in [-0.3, -0.25) is 0 Å². The van der Waals surface area contributed by atoms with E-state index in [1.54, 1.807) is 0 Å². The molecule has 18 heteroatoms. The summed E-state index contributed by atoms with van der Waals surface area (Å²) in [6.45, 7) is 0. The van der Waals surface area contributed by atoms with Crippen LogP contribution in [0.15, 0.2) is 0 Å². The van der Waals surface area contributed by atoms with E-state index in [1.807, 2.05) is 0 Å². The van der Waals surface area contributed by atoms with Gasteiger partial charge in [0.1, 0.15) is 0 Å². The van der Waals surface area contributed by atoms with Gasteiger partial charge in [0, 0.05) is 52.4 Å². The molecule has 26 heavy (non-hydrogen) atoms. The molecule has 0 aliphatic carbocycles. The second kappa shape index (κ2) is 22.5. The van der Waals surface area contributed by atoms with Gasteiger partial charge in [-0.05, 0) is 0 Å². The van der Waals surface area contributed by atoms with Crippen molar-refractivity contribution in [3.63, 3.8) is 0 Å². The predicted octanol–water partition coefficient (Wildman–Crippen LogP) is -3.38. The van der Waals surface area contributed by atoms with Gasteiger partial charge in [-0.1, -0.05) is 0 Å². The fraction of sp³-hybridized carbons (Fsp3) is 0. The third-order valence-electron chi connectivity index (χ3n) is 0.732. The van der Waals surface area contributed by atoms with Crippen molar-refractivity contribution in [3.8, 4) is 0 Å². The molecule has 0 heterocycles. The number of rotatable bonds is 0. The number of carbonyl (C=O) groups is 8. The first kappa shape index (κ1) is 38.9. The third kappa shape index (κ3) is 49.6. The molecule has 0 fully saturated rings. The van der Waals surface area contributed by atoms with Crippen molar-refractivity contribution in [2.24, 2.45) is 0 Å². The summed E-state index contributed by atoms with van der Waals surface area (Å²) in [6.07, 6.45) is 0. The molecule has 0 saturated carbocycles. The molecular weight excluding hydrogens is 535 g/mol. The first-order valence-corrected chi connectivity index (χ1v) is 4.42. The fourth-order valence-electron chi connectivity index (χ4n) is 0. The van der Waals surface area contributed by atoms with E-state index in [9.17, 15) is 0 Å². The summed E-state index contributed by atoms with van der Waals surface area (Å²) in [4.78, 5) is 72.8. The van der Waals surface area contributed by atoms with Gasteiger partial charge in [-0.25, -0.2) is 38.4 Å². The van der Waals surface area contributed by atoms with E-state index in [4.69, 9.17) is 79.2 Å². The summed E-state index contributed by atoms with van der Waals surface area (Å²) in [6, 6.07) is 0. The zero-order valence-corrected chi connectivity index (χ0v) is 16.8. The second-order valence-electron chi connectivity index (χ2n) is 2.44. The van der Waals surface area contributed by atoms with Crippen LogP contribution in [0.3, 0.4) is 0 Å². The van der Waals surface area contributed by atoms with E-state index >= 15 is 0 Å². The van der Waals surface area contributed by atoms with Crippen LogP contribution in [0.1, 0.15) is 0 Å². The number of carboxylic acids is 8. The molecule has 144 valence electrons. The van der Waals surface area contributed by atoms with Gasteiger partial charge in [-0.15, -0.1) is 0 Å². The molecule has 0 aromatic heterocycles. The van der Waals surface area contributed by atoms with Gasteiger partial charge >= 0.3 is 47.8 Å². The molecule has 0 spiro atoms. The molecule has 0 aromatic rings. The number of carboxylic acid groups (broad SMARTS) is 8. The molecule has 0 atom stereocenters. The van der Waals surface area contributed by atoms with Gasteiger partial charge in [0.05, 0.1) is 0 Å². The molecule has 0 aliphatic heterocycles. The summed E-state index contributed by atoms with van der Waals surface area (Å²) >= 11 is 0. The standard InChI is InChI=1S/4C2H2O4.2Zr/c4*3-1(4)2(5)6;;/h4*(H,3,4)(H,5,6);;. The molecule has 0 rings (SSSR count). The zero-order valence-electron chi connectivity index (χ0n) is 11.8. The SMILES string of the molecule is O=C(O)C(=O)O.O=C(O)C(=O)O.O=C(O)C(=O)O.O=C(O)C(=O)O.[Zr].[Zr]. The topological polar surface area (TPSA) is 298 Å². The van der Waals surface area contributed by atoms with E-state index in [1.165, 1.54) is 0 Å². The van der Waals surface area contributed by atoms with Gasteiger partial charge in [0.25, 0.3) is 0 Å². The molecule has 0 radical (unpaired) electrons. The minimum absolute atomic E-state index is 0. The molecule has 8 N–H and O–H groups in total. The van der Waals surface area contributed by atoms with Crippen molar-refractivity contribution >= 4 is 47.8 Å². The van der Waals surface area contributed by atoms with E-state index in [2.05, 4.69) is 0 Å². The monoisotopic (exact) mass is 540 g/mol. The Morgan fingerprint density at radius 2 is 0.308 bits per heavy atom. The Labute approximate surface area is 178 Å². The Balaban J connectivity index is -0.0000000500. The van der Waals surface area contributed by atoms with E-state index in [0.29, 0.717) is 0 Å². The molecule has 0 aliphatic rings. The van der Waals surface area contributed by atoms with Gasteiger partial charge < -0.3 is 40.9 Å². The Morgan fingerprint density at radius 3 is 0.308 bits per heavy atom. The van der Waals surface area contributed by atoms with Crippen molar-refractivity contribution in [3.05, 3.63) is 0 Å². The maximum atomic E-state index is 9.10. The van der Waals surface area contributed by atoms with Crippen LogP contribution in [-0.4, -0.2) is 88.6 Å². The maximum Gasteiger partial charge on any atom is 0.414 e. The van der Waals surface area contributed by atoms with Crippen LogP contribution in [0.5, 0.6) is 0 Å². The van der Waals surface area contributed by atoms with Gasteiger partial charge in [-0.2, -0.15) is 0 Å².